The fourth-order valence-corrected chi connectivity index (χ4v) is 4.20. The summed E-state index contributed by atoms with van der Waals surface area (Å²) in [6, 6.07) is 26.6. The zero-order chi connectivity index (χ0) is 17.7. The molecule has 0 aliphatic heterocycles. The molecule has 1 heterocycles. The molecule has 0 aliphatic rings. The SMILES string of the molecule is CCc1cccc2cccc(-c3cccc4c3[nH]c3cc(C)ccc34)c12. The van der Waals surface area contributed by atoms with Crippen LogP contribution in [0.5, 0.6) is 0 Å². The van der Waals surface area contributed by atoms with Gasteiger partial charge in [-0.2, -0.15) is 0 Å². The second kappa shape index (κ2) is 5.74. The molecule has 126 valence electrons. The molecular weight excluding hydrogens is 314 g/mol. The van der Waals surface area contributed by atoms with Crippen LogP contribution in [0.2, 0.25) is 0 Å². The van der Waals surface area contributed by atoms with Gasteiger partial charge >= 0.3 is 0 Å². The predicted molar refractivity (Wildman–Crippen MR) is 113 cm³/mol. The van der Waals surface area contributed by atoms with Crippen LogP contribution in [-0.2, 0) is 6.42 Å². The van der Waals surface area contributed by atoms with E-state index in [9.17, 15) is 0 Å². The molecule has 0 bridgehead atoms. The van der Waals surface area contributed by atoms with Gasteiger partial charge in [-0.1, -0.05) is 73.7 Å². The molecule has 5 rings (SSSR count). The van der Waals surface area contributed by atoms with Gasteiger partial charge in [-0.15, -0.1) is 0 Å². The first-order valence-electron chi connectivity index (χ1n) is 9.28. The summed E-state index contributed by atoms with van der Waals surface area (Å²) in [5.74, 6) is 0. The summed E-state index contributed by atoms with van der Waals surface area (Å²) < 4.78 is 0. The minimum atomic E-state index is 1.04. The molecule has 0 spiro atoms. The van der Waals surface area contributed by atoms with Crippen LogP contribution in [0.4, 0.5) is 0 Å². The molecule has 0 amide bonds. The van der Waals surface area contributed by atoms with E-state index >= 15 is 0 Å². The minimum Gasteiger partial charge on any atom is -0.354 e. The zero-order valence-electron chi connectivity index (χ0n) is 15.1. The average Bonchev–Trinajstić information content (AvgIpc) is 3.04. The van der Waals surface area contributed by atoms with Gasteiger partial charge in [-0.05, 0) is 46.9 Å². The number of aromatic amines is 1. The number of aryl methyl sites for hydroxylation is 2. The number of hydrogen-bond donors (Lipinski definition) is 1. The second-order valence-corrected chi connectivity index (χ2v) is 7.08. The highest BCUT2D eigenvalue weighted by Crippen LogP contribution is 2.37. The van der Waals surface area contributed by atoms with E-state index < -0.39 is 0 Å². The van der Waals surface area contributed by atoms with Gasteiger partial charge in [0.1, 0.15) is 0 Å². The Balaban J connectivity index is 1.91. The first-order valence-corrected chi connectivity index (χ1v) is 9.28. The van der Waals surface area contributed by atoms with Gasteiger partial charge in [-0.25, -0.2) is 0 Å². The van der Waals surface area contributed by atoms with Crippen molar-refractivity contribution in [1.29, 1.82) is 0 Å². The van der Waals surface area contributed by atoms with E-state index in [0.717, 1.165) is 6.42 Å². The van der Waals surface area contributed by atoms with Crippen LogP contribution in [0.1, 0.15) is 18.1 Å². The van der Waals surface area contributed by atoms with E-state index in [4.69, 9.17) is 0 Å². The molecule has 0 fully saturated rings. The van der Waals surface area contributed by atoms with Crippen LogP contribution in [0.15, 0.2) is 72.8 Å². The van der Waals surface area contributed by atoms with E-state index in [1.807, 2.05) is 0 Å². The molecule has 0 radical (unpaired) electrons. The number of fused-ring (bicyclic) bond motifs is 4. The Bertz CT molecular complexity index is 1270. The van der Waals surface area contributed by atoms with Crippen molar-refractivity contribution >= 4 is 32.6 Å². The van der Waals surface area contributed by atoms with Crippen LogP contribution in [0, 0.1) is 6.92 Å². The lowest BCUT2D eigenvalue weighted by Crippen LogP contribution is -1.89. The summed E-state index contributed by atoms with van der Waals surface area (Å²) in [6.07, 6.45) is 1.04. The summed E-state index contributed by atoms with van der Waals surface area (Å²) in [4.78, 5) is 3.69. The number of aromatic nitrogens is 1. The highest BCUT2D eigenvalue weighted by molar-refractivity contribution is 6.14. The molecular formula is C25H21N. The van der Waals surface area contributed by atoms with Crippen LogP contribution in [0.3, 0.4) is 0 Å². The van der Waals surface area contributed by atoms with Gasteiger partial charge in [0.15, 0.2) is 0 Å². The maximum absolute atomic E-state index is 3.69. The Labute approximate surface area is 153 Å². The molecule has 5 aromatic rings. The normalized spacial score (nSPS) is 11.6. The molecule has 26 heavy (non-hydrogen) atoms. The van der Waals surface area contributed by atoms with Crippen molar-refractivity contribution < 1.29 is 0 Å². The Hall–Kier alpha value is -3.06. The molecule has 0 aliphatic carbocycles. The first-order chi connectivity index (χ1) is 12.8. The third-order valence-electron chi connectivity index (χ3n) is 5.45. The Morgan fingerprint density at radius 3 is 2.38 bits per heavy atom. The molecule has 1 N–H and O–H groups in total. The van der Waals surface area contributed by atoms with Crippen LogP contribution < -0.4 is 0 Å². The van der Waals surface area contributed by atoms with Gasteiger partial charge in [0.05, 0.1) is 5.52 Å². The molecule has 0 unspecified atom stereocenters. The predicted octanol–water partition coefficient (Wildman–Crippen LogP) is 7.01. The van der Waals surface area contributed by atoms with Crippen LogP contribution >= 0.6 is 0 Å². The lowest BCUT2D eigenvalue weighted by atomic mass is 9.92. The number of nitrogens with one attached hydrogen (secondary N) is 1. The number of para-hydroxylation sites is 1. The van der Waals surface area contributed by atoms with Crippen molar-refractivity contribution in [1.82, 2.24) is 4.98 Å². The van der Waals surface area contributed by atoms with Gasteiger partial charge in [0.25, 0.3) is 0 Å². The van der Waals surface area contributed by atoms with Crippen molar-refractivity contribution in [2.24, 2.45) is 0 Å². The maximum atomic E-state index is 3.69. The summed E-state index contributed by atoms with van der Waals surface area (Å²) in [5, 5.41) is 5.28. The molecule has 0 atom stereocenters. The van der Waals surface area contributed by atoms with Crippen molar-refractivity contribution in [2.75, 3.05) is 0 Å². The molecule has 1 aromatic heterocycles. The molecule has 0 saturated heterocycles. The highest BCUT2D eigenvalue weighted by Gasteiger charge is 2.13. The van der Waals surface area contributed by atoms with E-state index in [1.165, 1.54) is 54.8 Å². The Morgan fingerprint density at radius 1 is 0.769 bits per heavy atom. The van der Waals surface area contributed by atoms with E-state index in [2.05, 4.69) is 91.6 Å². The fourth-order valence-electron chi connectivity index (χ4n) is 4.20. The number of benzene rings is 4. The first kappa shape index (κ1) is 15.2. The summed E-state index contributed by atoms with van der Waals surface area (Å²) in [7, 11) is 0. The maximum Gasteiger partial charge on any atom is 0.0544 e. The fraction of sp³-hybridized carbons (Fsp3) is 0.120. The summed E-state index contributed by atoms with van der Waals surface area (Å²) in [5.41, 5.74) is 7.72. The van der Waals surface area contributed by atoms with Gasteiger partial charge < -0.3 is 4.98 Å². The molecule has 0 saturated carbocycles. The van der Waals surface area contributed by atoms with Crippen molar-refractivity contribution in [3.05, 3.63) is 83.9 Å². The topological polar surface area (TPSA) is 15.8 Å². The second-order valence-electron chi connectivity index (χ2n) is 7.08. The number of H-pyrrole nitrogens is 1. The Morgan fingerprint density at radius 2 is 1.54 bits per heavy atom. The zero-order valence-corrected chi connectivity index (χ0v) is 15.1. The molecule has 1 heteroatoms. The van der Waals surface area contributed by atoms with Crippen molar-refractivity contribution in [2.45, 2.75) is 20.3 Å². The van der Waals surface area contributed by atoms with E-state index in [-0.39, 0.29) is 0 Å². The standard InChI is InChI=1S/C25H21N/c1-3-17-7-4-8-18-9-5-10-20(24(17)18)22-12-6-11-21-19-14-13-16(2)15-23(19)26-25(21)22/h4-15,26H,3H2,1-2H3. The largest absolute Gasteiger partial charge is 0.354 e. The van der Waals surface area contributed by atoms with Crippen molar-refractivity contribution in [3.63, 3.8) is 0 Å². The van der Waals surface area contributed by atoms with E-state index in [0.29, 0.717) is 0 Å². The smallest absolute Gasteiger partial charge is 0.0544 e. The van der Waals surface area contributed by atoms with Gasteiger partial charge in [-0.3, -0.25) is 0 Å². The summed E-state index contributed by atoms with van der Waals surface area (Å²) >= 11 is 0. The Kier molecular flexibility index (Phi) is 3.36. The number of hydrogen-bond acceptors (Lipinski definition) is 0. The van der Waals surface area contributed by atoms with Gasteiger partial charge in [0.2, 0.25) is 0 Å². The third-order valence-corrected chi connectivity index (χ3v) is 5.45. The van der Waals surface area contributed by atoms with E-state index in [1.54, 1.807) is 0 Å². The lowest BCUT2D eigenvalue weighted by molar-refractivity contribution is 1.16. The van der Waals surface area contributed by atoms with Crippen molar-refractivity contribution in [3.8, 4) is 11.1 Å². The number of rotatable bonds is 2. The highest BCUT2D eigenvalue weighted by atomic mass is 14.7. The summed E-state index contributed by atoms with van der Waals surface area (Å²) in [6.45, 7) is 4.38. The third kappa shape index (κ3) is 2.17. The quantitative estimate of drug-likeness (QED) is 0.357. The monoisotopic (exact) mass is 335 g/mol. The van der Waals surface area contributed by atoms with Crippen LogP contribution in [-0.4, -0.2) is 4.98 Å². The van der Waals surface area contributed by atoms with Crippen LogP contribution in [0.25, 0.3) is 43.7 Å². The minimum absolute atomic E-state index is 1.04. The average molecular weight is 335 g/mol. The lowest BCUT2D eigenvalue weighted by Gasteiger charge is -2.12. The molecule has 1 nitrogen and oxygen atoms in total. The molecule has 4 aromatic carbocycles. The van der Waals surface area contributed by atoms with Gasteiger partial charge in [0, 0.05) is 21.9 Å².